The van der Waals surface area contributed by atoms with Gasteiger partial charge in [0.15, 0.2) is 6.61 Å². The molecule has 0 unspecified atom stereocenters. The van der Waals surface area contributed by atoms with Crippen LogP contribution in [0.4, 0.5) is 0 Å². The summed E-state index contributed by atoms with van der Waals surface area (Å²) < 4.78 is 6.14. The largest absolute Gasteiger partial charge is 0.455 e. The van der Waals surface area contributed by atoms with Gasteiger partial charge in [0.1, 0.15) is 0 Å². The van der Waals surface area contributed by atoms with E-state index in [1.807, 2.05) is 37.3 Å². The van der Waals surface area contributed by atoms with Crippen molar-refractivity contribution >= 4 is 39.6 Å². The van der Waals surface area contributed by atoms with E-state index in [9.17, 15) is 9.59 Å². The van der Waals surface area contributed by atoms with Gasteiger partial charge in [0.2, 0.25) is 0 Å². The van der Waals surface area contributed by atoms with E-state index < -0.39 is 0 Å². The summed E-state index contributed by atoms with van der Waals surface area (Å²) in [5.41, 5.74) is 3.55. The molecule has 2 aromatic carbocycles. The number of thioether (sulfide) groups is 1. The summed E-state index contributed by atoms with van der Waals surface area (Å²) in [6.07, 6.45) is 3.00. The molecule has 0 fully saturated rings. The lowest BCUT2D eigenvalue weighted by molar-refractivity contribution is -0.146. The van der Waals surface area contributed by atoms with Gasteiger partial charge in [0, 0.05) is 9.37 Å². The summed E-state index contributed by atoms with van der Waals surface area (Å²) in [5.74, 6) is -0.460. The smallest absolute Gasteiger partial charge is 0.316 e. The summed E-state index contributed by atoms with van der Waals surface area (Å²) in [5, 5.41) is 2.99. The second kappa shape index (κ2) is 9.42. The summed E-state index contributed by atoms with van der Waals surface area (Å²) in [7, 11) is 0. The predicted molar refractivity (Wildman–Crippen MR) is 111 cm³/mol. The molecule has 0 aromatic heterocycles. The standard InChI is InChI=1S/C21H22BrNO3S/c1-14-11-16(22)9-10-19(14)27-13-21(25)26-12-20(24)23-18-8-4-6-15-5-2-3-7-17(15)18/h2-3,5,7,9-11,18H,4,6,8,12-13H2,1H3,(H,23,24)/t18-/m1/s1. The summed E-state index contributed by atoms with van der Waals surface area (Å²) in [6, 6.07) is 14.1. The van der Waals surface area contributed by atoms with E-state index in [0.717, 1.165) is 34.2 Å². The van der Waals surface area contributed by atoms with E-state index in [1.54, 1.807) is 0 Å². The molecular weight excluding hydrogens is 426 g/mol. The number of ether oxygens (including phenoxy) is 1. The number of amides is 1. The van der Waals surface area contributed by atoms with Gasteiger partial charge in [0.05, 0.1) is 11.8 Å². The minimum Gasteiger partial charge on any atom is -0.455 e. The summed E-state index contributed by atoms with van der Waals surface area (Å²) in [4.78, 5) is 25.2. The minimum absolute atomic E-state index is 0.000872. The number of hydrogen-bond donors (Lipinski definition) is 1. The number of halogens is 1. The van der Waals surface area contributed by atoms with Crippen LogP contribution in [0, 0.1) is 6.92 Å². The third kappa shape index (κ3) is 5.59. The molecule has 0 bridgehead atoms. The quantitative estimate of drug-likeness (QED) is 0.519. The number of hydrogen-bond acceptors (Lipinski definition) is 4. The van der Waals surface area contributed by atoms with Crippen molar-refractivity contribution in [3.63, 3.8) is 0 Å². The Morgan fingerprint density at radius 3 is 2.89 bits per heavy atom. The first-order valence-electron chi connectivity index (χ1n) is 8.94. The van der Waals surface area contributed by atoms with E-state index in [1.165, 1.54) is 22.9 Å². The van der Waals surface area contributed by atoms with Crippen molar-refractivity contribution in [2.75, 3.05) is 12.4 Å². The fourth-order valence-electron chi connectivity index (χ4n) is 3.24. The fourth-order valence-corrected chi connectivity index (χ4v) is 4.52. The number of rotatable bonds is 6. The molecule has 6 heteroatoms. The Morgan fingerprint density at radius 2 is 2.07 bits per heavy atom. The van der Waals surface area contributed by atoms with Crippen molar-refractivity contribution in [3.05, 3.63) is 63.6 Å². The Morgan fingerprint density at radius 1 is 1.26 bits per heavy atom. The average molecular weight is 448 g/mol. The predicted octanol–water partition coefficient (Wildman–Crippen LogP) is 4.59. The molecule has 1 aliphatic carbocycles. The van der Waals surface area contributed by atoms with Gasteiger partial charge in [0.25, 0.3) is 5.91 Å². The van der Waals surface area contributed by atoms with Crippen LogP contribution in [0.15, 0.2) is 51.8 Å². The maximum absolute atomic E-state index is 12.2. The minimum atomic E-state index is -0.387. The molecule has 0 saturated heterocycles. The molecule has 0 spiro atoms. The normalized spacial score (nSPS) is 15.7. The number of benzene rings is 2. The third-order valence-electron chi connectivity index (χ3n) is 4.55. The van der Waals surface area contributed by atoms with E-state index in [4.69, 9.17) is 4.74 Å². The number of aryl methyl sites for hydroxylation is 2. The van der Waals surface area contributed by atoms with Crippen molar-refractivity contribution in [1.29, 1.82) is 0 Å². The molecule has 0 radical (unpaired) electrons. The Hall–Kier alpha value is -1.79. The van der Waals surface area contributed by atoms with Gasteiger partial charge in [-0.15, -0.1) is 11.8 Å². The van der Waals surface area contributed by atoms with Crippen molar-refractivity contribution < 1.29 is 14.3 Å². The molecule has 0 saturated carbocycles. The van der Waals surface area contributed by atoms with E-state index >= 15 is 0 Å². The van der Waals surface area contributed by atoms with Crippen LogP contribution in [-0.4, -0.2) is 24.2 Å². The highest BCUT2D eigenvalue weighted by atomic mass is 79.9. The van der Waals surface area contributed by atoms with E-state index in [2.05, 4.69) is 33.4 Å². The van der Waals surface area contributed by atoms with Gasteiger partial charge >= 0.3 is 5.97 Å². The van der Waals surface area contributed by atoms with Crippen molar-refractivity contribution in [3.8, 4) is 0 Å². The van der Waals surface area contributed by atoms with Gasteiger partial charge < -0.3 is 10.1 Å². The maximum Gasteiger partial charge on any atom is 0.316 e. The van der Waals surface area contributed by atoms with Crippen LogP contribution in [-0.2, 0) is 20.7 Å². The van der Waals surface area contributed by atoms with Crippen molar-refractivity contribution in [1.82, 2.24) is 5.32 Å². The zero-order chi connectivity index (χ0) is 19.2. The molecule has 3 rings (SSSR count). The molecule has 1 N–H and O–H groups in total. The molecule has 0 heterocycles. The Labute approximate surface area is 172 Å². The fraction of sp³-hybridized carbons (Fsp3) is 0.333. The van der Waals surface area contributed by atoms with Crippen LogP contribution in [0.3, 0.4) is 0 Å². The summed E-state index contributed by atoms with van der Waals surface area (Å²) >= 11 is 4.84. The Kier molecular flexibility index (Phi) is 6.96. The highest BCUT2D eigenvalue weighted by Gasteiger charge is 2.21. The lowest BCUT2D eigenvalue weighted by atomic mass is 9.88. The van der Waals surface area contributed by atoms with Crippen molar-refractivity contribution in [2.45, 2.75) is 37.1 Å². The molecule has 4 nitrogen and oxygen atoms in total. The van der Waals surface area contributed by atoms with E-state index in [0.29, 0.717) is 0 Å². The van der Waals surface area contributed by atoms with Crippen LogP contribution in [0.5, 0.6) is 0 Å². The number of fused-ring (bicyclic) bond motifs is 1. The highest BCUT2D eigenvalue weighted by Crippen LogP contribution is 2.29. The van der Waals surface area contributed by atoms with Crippen LogP contribution in [0.25, 0.3) is 0 Å². The molecule has 2 aromatic rings. The molecule has 1 atom stereocenters. The number of carbonyl (C=O) groups is 2. The van der Waals surface area contributed by atoms with Gasteiger partial charge in [-0.2, -0.15) is 0 Å². The first-order chi connectivity index (χ1) is 13.0. The topological polar surface area (TPSA) is 55.4 Å². The van der Waals surface area contributed by atoms with Crippen LogP contribution >= 0.6 is 27.7 Å². The van der Waals surface area contributed by atoms with Gasteiger partial charge in [-0.05, 0) is 61.1 Å². The van der Waals surface area contributed by atoms with Gasteiger partial charge in [-0.3, -0.25) is 9.59 Å². The maximum atomic E-state index is 12.2. The second-order valence-corrected chi connectivity index (χ2v) is 8.50. The monoisotopic (exact) mass is 447 g/mol. The summed E-state index contributed by atoms with van der Waals surface area (Å²) in [6.45, 7) is 1.76. The number of nitrogens with one attached hydrogen (secondary N) is 1. The SMILES string of the molecule is Cc1cc(Br)ccc1SCC(=O)OCC(=O)N[C@@H]1CCCc2ccccc21. The lowest BCUT2D eigenvalue weighted by Crippen LogP contribution is -2.34. The van der Waals surface area contributed by atoms with Gasteiger partial charge in [-0.25, -0.2) is 0 Å². The van der Waals surface area contributed by atoms with Crippen LogP contribution < -0.4 is 5.32 Å². The van der Waals surface area contributed by atoms with E-state index in [-0.39, 0.29) is 30.3 Å². The molecule has 1 amide bonds. The van der Waals surface area contributed by atoms with Crippen LogP contribution in [0.1, 0.15) is 35.6 Å². The molecule has 27 heavy (non-hydrogen) atoms. The Balaban J connectivity index is 1.45. The Bertz CT molecular complexity index is 840. The zero-order valence-electron chi connectivity index (χ0n) is 15.2. The molecular formula is C21H22BrNO3S. The van der Waals surface area contributed by atoms with Crippen LogP contribution in [0.2, 0.25) is 0 Å². The highest BCUT2D eigenvalue weighted by molar-refractivity contribution is 9.10. The first-order valence-corrected chi connectivity index (χ1v) is 10.7. The zero-order valence-corrected chi connectivity index (χ0v) is 17.6. The molecule has 0 aliphatic heterocycles. The third-order valence-corrected chi connectivity index (χ3v) is 6.19. The lowest BCUT2D eigenvalue weighted by Gasteiger charge is -2.26. The van der Waals surface area contributed by atoms with Crippen molar-refractivity contribution in [2.24, 2.45) is 0 Å². The number of carbonyl (C=O) groups excluding carboxylic acids is 2. The molecule has 1 aliphatic rings. The first kappa shape index (κ1) is 20.0. The molecule has 142 valence electrons. The average Bonchev–Trinajstić information content (AvgIpc) is 2.66. The number of esters is 1. The second-order valence-electron chi connectivity index (χ2n) is 6.57. The van der Waals surface area contributed by atoms with Gasteiger partial charge in [-0.1, -0.05) is 40.2 Å².